The van der Waals surface area contributed by atoms with Crippen LogP contribution in [0.1, 0.15) is 0 Å². The fraction of sp³-hybridized carbons (Fsp3) is 0. The van der Waals surface area contributed by atoms with Crippen LogP contribution in [0.3, 0.4) is 0 Å². The molecule has 0 spiro atoms. The molecule has 0 radical (unpaired) electrons. The Labute approximate surface area is 51.2 Å². The zero-order chi connectivity index (χ0) is 6.57. The topological polar surface area (TPSA) is 71.5 Å². The molecule has 8 heavy (non-hydrogen) atoms. The highest BCUT2D eigenvalue weighted by molar-refractivity contribution is 6.70. The Hall–Kier alpha value is -1.10. The number of nitrogens with zero attached hydrogens (tertiary/aromatic N) is 1. The summed E-state index contributed by atoms with van der Waals surface area (Å²) in [7, 11) is 0. The van der Waals surface area contributed by atoms with E-state index in [4.69, 9.17) is 27.7 Å². The number of halogens is 1. The maximum absolute atomic E-state index is 8.00. The summed E-state index contributed by atoms with van der Waals surface area (Å²) >= 11 is 4.99. The number of allylic oxidation sites excluding steroid dienone is 1. The van der Waals surface area contributed by atoms with Crippen LogP contribution in [0.2, 0.25) is 0 Å². The fourth-order valence-corrected chi connectivity index (χ4v) is 0.221. The molecule has 3 nitrogen and oxygen atoms in total. The van der Waals surface area contributed by atoms with Gasteiger partial charge in [-0.2, -0.15) is 5.26 Å². The Bertz CT molecular complexity index is 194. The third kappa shape index (κ3) is 1.57. The van der Waals surface area contributed by atoms with E-state index in [1.165, 1.54) is 6.07 Å². The van der Waals surface area contributed by atoms with Crippen molar-refractivity contribution < 1.29 is 0 Å². The monoisotopic (exact) mass is 127 g/mol. The second kappa shape index (κ2) is 2.98. The molecule has 0 aromatic heterocycles. The van der Waals surface area contributed by atoms with E-state index in [1.807, 2.05) is 0 Å². The SMILES string of the molecule is N#CC(=C=N)C(=N)Cl. The molecule has 0 fully saturated rings. The molecular formula is C4H2ClN3. The van der Waals surface area contributed by atoms with Gasteiger partial charge in [0.1, 0.15) is 16.8 Å². The van der Waals surface area contributed by atoms with Crippen LogP contribution in [0.15, 0.2) is 5.57 Å². The van der Waals surface area contributed by atoms with Gasteiger partial charge in [0, 0.05) is 5.87 Å². The van der Waals surface area contributed by atoms with Gasteiger partial charge < -0.3 is 0 Å². The molecule has 0 saturated carbocycles. The highest BCUT2D eigenvalue weighted by Crippen LogP contribution is 1.91. The Balaban J connectivity index is 4.46. The highest BCUT2D eigenvalue weighted by atomic mass is 35.5. The fourth-order valence-electron chi connectivity index (χ4n) is 0.132. The highest BCUT2D eigenvalue weighted by Gasteiger charge is 1.96. The van der Waals surface area contributed by atoms with E-state index < -0.39 is 5.17 Å². The van der Waals surface area contributed by atoms with Gasteiger partial charge in [-0.1, -0.05) is 11.6 Å². The van der Waals surface area contributed by atoms with Gasteiger partial charge in [-0.3, -0.25) is 10.8 Å². The lowest BCUT2D eigenvalue weighted by molar-refractivity contribution is 1.49. The molecule has 0 atom stereocenters. The second-order valence-electron chi connectivity index (χ2n) is 0.926. The molecule has 0 aromatic carbocycles. The first-order valence-electron chi connectivity index (χ1n) is 1.66. The molecule has 4 heteroatoms. The Morgan fingerprint density at radius 3 is 2.12 bits per heavy atom. The minimum Gasteiger partial charge on any atom is -0.288 e. The van der Waals surface area contributed by atoms with E-state index in [0.29, 0.717) is 0 Å². The van der Waals surface area contributed by atoms with Gasteiger partial charge in [0.2, 0.25) is 0 Å². The first kappa shape index (κ1) is 6.90. The van der Waals surface area contributed by atoms with Crippen LogP contribution in [-0.2, 0) is 0 Å². The van der Waals surface area contributed by atoms with Crippen molar-refractivity contribution in [2.24, 2.45) is 0 Å². The van der Waals surface area contributed by atoms with Crippen molar-refractivity contribution in [1.29, 1.82) is 16.1 Å². The van der Waals surface area contributed by atoms with Crippen molar-refractivity contribution >= 4 is 22.6 Å². The molecule has 0 aliphatic heterocycles. The van der Waals surface area contributed by atoms with E-state index in [-0.39, 0.29) is 5.57 Å². The first-order chi connectivity index (χ1) is 3.72. The lowest BCUT2D eigenvalue weighted by Gasteiger charge is -1.78. The summed E-state index contributed by atoms with van der Waals surface area (Å²) in [6.07, 6.45) is 0. The molecule has 0 aliphatic carbocycles. The van der Waals surface area contributed by atoms with Gasteiger partial charge in [0.15, 0.2) is 0 Å². The molecule has 0 saturated heterocycles. The van der Waals surface area contributed by atoms with E-state index in [9.17, 15) is 0 Å². The number of nitrogens with one attached hydrogen (secondary N) is 2. The standard InChI is InChI=1S/C4H2ClN3/c5-4(8)3(1-6)2-7/h6,8H. The minimum atomic E-state index is -0.442. The van der Waals surface area contributed by atoms with Crippen LogP contribution in [0, 0.1) is 22.1 Å². The number of nitriles is 1. The van der Waals surface area contributed by atoms with Crippen molar-refractivity contribution in [3.63, 3.8) is 0 Å². The number of hydrogen-bond donors (Lipinski definition) is 2. The predicted octanol–water partition coefficient (Wildman–Crippen LogP) is 0.901. The molecule has 0 aromatic rings. The van der Waals surface area contributed by atoms with Gasteiger partial charge in [0.25, 0.3) is 0 Å². The molecular weight excluding hydrogens is 126 g/mol. The zero-order valence-corrected chi connectivity index (χ0v) is 4.58. The maximum atomic E-state index is 8.00. The number of rotatable bonds is 1. The molecule has 2 N–H and O–H groups in total. The van der Waals surface area contributed by atoms with Gasteiger partial charge in [-0.15, -0.1) is 0 Å². The average Bonchev–Trinajstić information content (AvgIpc) is 1.69. The summed E-state index contributed by atoms with van der Waals surface area (Å²) in [5.74, 6) is 1.70. The quantitative estimate of drug-likeness (QED) is 0.399. The zero-order valence-electron chi connectivity index (χ0n) is 3.83. The molecule has 0 aliphatic rings. The summed E-state index contributed by atoms with van der Waals surface area (Å²) in [4.78, 5) is 0. The van der Waals surface area contributed by atoms with Crippen LogP contribution in [0.25, 0.3) is 0 Å². The summed E-state index contributed by atoms with van der Waals surface area (Å²) in [6, 6.07) is 1.51. The second-order valence-corrected chi connectivity index (χ2v) is 1.30. The largest absolute Gasteiger partial charge is 0.288 e. The first-order valence-corrected chi connectivity index (χ1v) is 2.04. The van der Waals surface area contributed by atoms with Crippen LogP contribution in [0.4, 0.5) is 0 Å². The normalized spacial score (nSPS) is 6.50. The summed E-state index contributed by atoms with van der Waals surface area (Å²) in [5.41, 5.74) is -0.244. The molecule has 0 unspecified atom stereocenters. The van der Waals surface area contributed by atoms with Gasteiger partial charge in [0.05, 0.1) is 0 Å². The van der Waals surface area contributed by atoms with Crippen molar-refractivity contribution in [3.05, 3.63) is 5.57 Å². The number of hydrogen-bond acceptors (Lipinski definition) is 3. The van der Waals surface area contributed by atoms with Crippen LogP contribution in [0.5, 0.6) is 0 Å². The molecule has 0 heterocycles. The maximum Gasteiger partial charge on any atom is 0.149 e. The van der Waals surface area contributed by atoms with E-state index in [0.717, 1.165) is 0 Å². The van der Waals surface area contributed by atoms with Crippen molar-refractivity contribution in [3.8, 4) is 6.07 Å². The van der Waals surface area contributed by atoms with Crippen LogP contribution in [-0.4, -0.2) is 11.0 Å². The van der Waals surface area contributed by atoms with E-state index in [2.05, 4.69) is 0 Å². The molecule has 0 amide bonds. The Kier molecular flexibility index (Phi) is 2.57. The summed E-state index contributed by atoms with van der Waals surface area (Å²) < 4.78 is 0. The van der Waals surface area contributed by atoms with Gasteiger partial charge >= 0.3 is 0 Å². The molecule has 0 bridgehead atoms. The minimum absolute atomic E-state index is 0.244. The van der Waals surface area contributed by atoms with E-state index in [1.54, 1.807) is 5.87 Å². The lowest BCUT2D eigenvalue weighted by atomic mass is 10.4. The van der Waals surface area contributed by atoms with Gasteiger partial charge in [-0.05, 0) is 0 Å². The summed E-state index contributed by atoms with van der Waals surface area (Å²) in [6.45, 7) is 0. The lowest BCUT2D eigenvalue weighted by Crippen LogP contribution is -1.87. The molecule has 40 valence electrons. The smallest absolute Gasteiger partial charge is 0.149 e. The Morgan fingerprint density at radius 1 is 1.62 bits per heavy atom. The van der Waals surface area contributed by atoms with Crippen LogP contribution < -0.4 is 0 Å². The van der Waals surface area contributed by atoms with E-state index >= 15 is 0 Å². The van der Waals surface area contributed by atoms with Crippen molar-refractivity contribution in [1.82, 2.24) is 0 Å². The van der Waals surface area contributed by atoms with Crippen molar-refractivity contribution in [2.45, 2.75) is 0 Å². The third-order valence-electron chi connectivity index (χ3n) is 0.456. The summed E-state index contributed by atoms with van der Waals surface area (Å²) in [5, 5.41) is 20.5. The van der Waals surface area contributed by atoms with Crippen LogP contribution >= 0.6 is 11.6 Å². The van der Waals surface area contributed by atoms with Gasteiger partial charge in [-0.25, -0.2) is 0 Å². The Morgan fingerprint density at radius 2 is 2.12 bits per heavy atom. The third-order valence-corrected chi connectivity index (χ3v) is 0.645. The van der Waals surface area contributed by atoms with Crippen molar-refractivity contribution in [2.75, 3.05) is 0 Å². The average molecular weight is 128 g/mol. The predicted molar refractivity (Wildman–Crippen MR) is 30.4 cm³/mol. The molecule has 0 rings (SSSR count).